The van der Waals surface area contributed by atoms with E-state index in [1.807, 2.05) is 32.7 Å². The molecule has 0 aliphatic carbocycles. The molecule has 0 aromatic rings. The molecule has 1 amide bonds. The Morgan fingerprint density at radius 1 is 1.45 bits per heavy atom. The average molecular weight is 157 g/mol. The molecule has 1 rings (SSSR count). The van der Waals surface area contributed by atoms with E-state index in [4.69, 9.17) is 0 Å². The van der Waals surface area contributed by atoms with Crippen molar-refractivity contribution in [3.8, 4) is 0 Å². The lowest BCUT2D eigenvalue weighted by atomic mass is 10.0. The predicted octanol–water partition coefficient (Wildman–Crippen LogP) is 1.90. The SMILES string of the molecule is CC.CC1CCCN(C)C1=O. The number of piperidine rings is 1. The van der Waals surface area contributed by atoms with Crippen molar-refractivity contribution in [2.45, 2.75) is 33.6 Å². The molecule has 66 valence electrons. The molecule has 0 N–H and O–H groups in total. The van der Waals surface area contributed by atoms with E-state index in [1.165, 1.54) is 6.42 Å². The fraction of sp³-hybridized carbons (Fsp3) is 0.889. The van der Waals surface area contributed by atoms with E-state index < -0.39 is 0 Å². The lowest BCUT2D eigenvalue weighted by Gasteiger charge is -2.26. The summed E-state index contributed by atoms with van der Waals surface area (Å²) in [5.74, 6) is 0.574. The minimum Gasteiger partial charge on any atom is -0.346 e. The van der Waals surface area contributed by atoms with Crippen LogP contribution in [0.25, 0.3) is 0 Å². The number of carbonyl (C=O) groups excluding carboxylic acids is 1. The summed E-state index contributed by atoms with van der Waals surface area (Å²) in [6.45, 7) is 6.95. The van der Waals surface area contributed by atoms with Gasteiger partial charge in [-0.2, -0.15) is 0 Å². The first-order chi connectivity index (χ1) is 5.22. The van der Waals surface area contributed by atoms with Crippen molar-refractivity contribution >= 4 is 5.91 Å². The van der Waals surface area contributed by atoms with E-state index >= 15 is 0 Å². The number of hydrogen-bond donors (Lipinski definition) is 0. The third-order valence-corrected chi connectivity index (χ3v) is 1.93. The maximum atomic E-state index is 11.1. The van der Waals surface area contributed by atoms with Crippen molar-refractivity contribution in [1.82, 2.24) is 4.90 Å². The summed E-state index contributed by atoms with van der Waals surface area (Å²) in [7, 11) is 1.87. The first-order valence-corrected chi connectivity index (χ1v) is 4.47. The van der Waals surface area contributed by atoms with Gasteiger partial charge in [0.25, 0.3) is 0 Å². The number of rotatable bonds is 0. The van der Waals surface area contributed by atoms with E-state index in [1.54, 1.807) is 0 Å². The highest BCUT2D eigenvalue weighted by atomic mass is 16.2. The Morgan fingerprint density at radius 3 is 2.36 bits per heavy atom. The van der Waals surface area contributed by atoms with E-state index in [0.717, 1.165) is 13.0 Å². The van der Waals surface area contributed by atoms with Gasteiger partial charge in [0.1, 0.15) is 0 Å². The molecule has 1 heterocycles. The minimum absolute atomic E-state index is 0.267. The molecule has 2 nitrogen and oxygen atoms in total. The van der Waals surface area contributed by atoms with Crippen LogP contribution in [0, 0.1) is 5.92 Å². The maximum absolute atomic E-state index is 11.1. The van der Waals surface area contributed by atoms with Gasteiger partial charge in [-0.3, -0.25) is 4.79 Å². The van der Waals surface area contributed by atoms with Crippen LogP contribution in [0.5, 0.6) is 0 Å². The number of likely N-dealkylation sites (tertiary alicyclic amines) is 1. The van der Waals surface area contributed by atoms with Gasteiger partial charge in [-0.15, -0.1) is 0 Å². The number of hydrogen-bond acceptors (Lipinski definition) is 1. The Balaban J connectivity index is 0.000000461. The summed E-state index contributed by atoms with van der Waals surface area (Å²) in [6, 6.07) is 0. The van der Waals surface area contributed by atoms with Gasteiger partial charge in [0.2, 0.25) is 5.91 Å². The summed E-state index contributed by atoms with van der Waals surface area (Å²) in [5, 5.41) is 0. The zero-order chi connectivity index (χ0) is 8.85. The monoisotopic (exact) mass is 157 g/mol. The summed E-state index contributed by atoms with van der Waals surface area (Å²) < 4.78 is 0. The van der Waals surface area contributed by atoms with Gasteiger partial charge in [0.05, 0.1) is 0 Å². The number of carbonyl (C=O) groups is 1. The molecule has 1 aliphatic rings. The van der Waals surface area contributed by atoms with Crippen LogP contribution in [-0.2, 0) is 4.79 Å². The Morgan fingerprint density at radius 2 is 2.00 bits per heavy atom. The molecule has 0 aromatic carbocycles. The highest BCUT2D eigenvalue weighted by molar-refractivity contribution is 5.78. The van der Waals surface area contributed by atoms with Crippen LogP contribution in [0.4, 0.5) is 0 Å². The van der Waals surface area contributed by atoms with Crippen LogP contribution in [0.1, 0.15) is 33.6 Å². The number of nitrogens with zero attached hydrogens (tertiary/aromatic N) is 1. The summed E-state index contributed by atoms with van der Waals surface area (Å²) in [6.07, 6.45) is 2.24. The summed E-state index contributed by atoms with van der Waals surface area (Å²) in [5.41, 5.74) is 0. The van der Waals surface area contributed by atoms with Crippen LogP contribution >= 0.6 is 0 Å². The van der Waals surface area contributed by atoms with Gasteiger partial charge in [-0.05, 0) is 12.8 Å². The first kappa shape index (κ1) is 10.5. The zero-order valence-corrected chi connectivity index (χ0v) is 8.05. The molecular formula is C9H19NO. The molecule has 0 saturated carbocycles. The Labute approximate surface area is 69.6 Å². The van der Waals surface area contributed by atoms with Gasteiger partial charge in [0, 0.05) is 19.5 Å². The summed E-state index contributed by atoms with van der Waals surface area (Å²) in [4.78, 5) is 12.9. The predicted molar refractivity (Wildman–Crippen MR) is 47.4 cm³/mol. The van der Waals surface area contributed by atoms with Crippen molar-refractivity contribution in [3.63, 3.8) is 0 Å². The highest BCUT2D eigenvalue weighted by Crippen LogP contribution is 2.14. The van der Waals surface area contributed by atoms with Crippen molar-refractivity contribution in [2.75, 3.05) is 13.6 Å². The molecule has 0 spiro atoms. The van der Waals surface area contributed by atoms with Gasteiger partial charge in [0.15, 0.2) is 0 Å². The normalized spacial score (nSPS) is 24.2. The molecule has 1 atom stereocenters. The Bertz CT molecular complexity index is 111. The van der Waals surface area contributed by atoms with Crippen LogP contribution in [-0.4, -0.2) is 24.4 Å². The Hall–Kier alpha value is -0.530. The molecule has 0 radical (unpaired) electrons. The third-order valence-electron chi connectivity index (χ3n) is 1.93. The largest absolute Gasteiger partial charge is 0.346 e. The van der Waals surface area contributed by atoms with E-state index in [2.05, 4.69) is 0 Å². The lowest BCUT2D eigenvalue weighted by molar-refractivity contribution is -0.136. The van der Waals surface area contributed by atoms with Crippen molar-refractivity contribution in [3.05, 3.63) is 0 Å². The standard InChI is InChI=1S/C7H13NO.C2H6/c1-6-4-3-5-8(2)7(6)9;1-2/h6H,3-5H2,1-2H3;1-2H3. The number of amides is 1. The van der Waals surface area contributed by atoms with Crippen LogP contribution in [0.15, 0.2) is 0 Å². The molecule has 1 aliphatic heterocycles. The second kappa shape index (κ2) is 5.16. The molecule has 1 saturated heterocycles. The van der Waals surface area contributed by atoms with E-state index in [-0.39, 0.29) is 5.92 Å². The molecule has 1 unspecified atom stereocenters. The van der Waals surface area contributed by atoms with Crippen LogP contribution in [0.2, 0.25) is 0 Å². The van der Waals surface area contributed by atoms with E-state index in [9.17, 15) is 4.79 Å². The molecule has 2 heteroatoms. The molecule has 0 aromatic heterocycles. The maximum Gasteiger partial charge on any atom is 0.225 e. The van der Waals surface area contributed by atoms with Crippen LogP contribution < -0.4 is 0 Å². The smallest absolute Gasteiger partial charge is 0.225 e. The highest BCUT2D eigenvalue weighted by Gasteiger charge is 2.21. The topological polar surface area (TPSA) is 20.3 Å². The van der Waals surface area contributed by atoms with Crippen molar-refractivity contribution in [2.24, 2.45) is 5.92 Å². The van der Waals surface area contributed by atoms with Crippen LogP contribution in [0.3, 0.4) is 0 Å². The molecule has 11 heavy (non-hydrogen) atoms. The summed E-state index contributed by atoms with van der Waals surface area (Å²) >= 11 is 0. The fourth-order valence-electron chi connectivity index (χ4n) is 1.24. The first-order valence-electron chi connectivity index (χ1n) is 4.47. The fourth-order valence-corrected chi connectivity index (χ4v) is 1.24. The van der Waals surface area contributed by atoms with Gasteiger partial charge >= 0.3 is 0 Å². The van der Waals surface area contributed by atoms with Gasteiger partial charge in [-0.1, -0.05) is 20.8 Å². The molecular weight excluding hydrogens is 138 g/mol. The second-order valence-corrected chi connectivity index (χ2v) is 2.80. The molecule has 1 fully saturated rings. The quantitative estimate of drug-likeness (QED) is 0.526. The zero-order valence-electron chi connectivity index (χ0n) is 8.05. The average Bonchev–Trinajstić information content (AvgIpc) is 2.04. The minimum atomic E-state index is 0.267. The third kappa shape index (κ3) is 2.91. The van der Waals surface area contributed by atoms with E-state index in [0.29, 0.717) is 5.91 Å². The van der Waals surface area contributed by atoms with Gasteiger partial charge < -0.3 is 4.90 Å². The Kier molecular flexibility index (Phi) is 4.92. The molecule has 0 bridgehead atoms. The van der Waals surface area contributed by atoms with Crippen molar-refractivity contribution < 1.29 is 4.79 Å². The lowest BCUT2D eigenvalue weighted by Crippen LogP contribution is -2.36. The van der Waals surface area contributed by atoms with Gasteiger partial charge in [-0.25, -0.2) is 0 Å². The van der Waals surface area contributed by atoms with Crippen molar-refractivity contribution in [1.29, 1.82) is 0 Å². The second-order valence-electron chi connectivity index (χ2n) is 2.80.